The second-order valence-corrected chi connectivity index (χ2v) is 6.21. The summed E-state index contributed by atoms with van der Waals surface area (Å²) in [4.78, 5) is 19.1. The molecular weight excluding hydrogens is 304 g/mol. The van der Waals surface area contributed by atoms with Crippen molar-refractivity contribution in [3.8, 4) is 0 Å². The third-order valence-electron chi connectivity index (χ3n) is 4.47. The van der Waals surface area contributed by atoms with E-state index < -0.39 is 0 Å². The number of fused-ring (bicyclic) bond motifs is 1. The van der Waals surface area contributed by atoms with Crippen LogP contribution in [0.1, 0.15) is 54.3 Å². The van der Waals surface area contributed by atoms with E-state index in [4.69, 9.17) is 4.74 Å². The Labute approximate surface area is 142 Å². The van der Waals surface area contributed by atoms with Gasteiger partial charge in [0.1, 0.15) is 0 Å². The average Bonchev–Trinajstić information content (AvgIpc) is 3.00. The molecule has 0 fully saturated rings. The number of likely N-dealkylation sites (N-methyl/N-ethyl adjacent to an activating group) is 1. The predicted molar refractivity (Wildman–Crippen MR) is 90.8 cm³/mol. The molecule has 0 spiro atoms. The number of carbonyl (C=O) groups is 1. The third kappa shape index (κ3) is 3.33. The molecule has 0 aromatic carbocycles. The van der Waals surface area contributed by atoms with Crippen LogP contribution in [0.5, 0.6) is 0 Å². The second-order valence-electron chi connectivity index (χ2n) is 6.21. The highest BCUT2D eigenvalue weighted by Gasteiger charge is 2.31. The summed E-state index contributed by atoms with van der Waals surface area (Å²) in [5, 5.41) is 7.29. The molecule has 0 bridgehead atoms. The molecule has 0 aliphatic carbocycles. The van der Waals surface area contributed by atoms with Gasteiger partial charge in [0, 0.05) is 43.4 Å². The fourth-order valence-electron chi connectivity index (χ4n) is 3.20. The van der Waals surface area contributed by atoms with E-state index in [0.29, 0.717) is 18.8 Å². The molecular formula is C18H24N4O2. The van der Waals surface area contributed by atoms with Crippen molar-refractivity contribution in [1.82, 2.24) is 20.1 Å². The number of nitrogens with zero attached hydrogens (tertiary/aromatic N) is 3. The average molecular weight is 328 g/mol. The highest BCUT2D eigenvalue weighted by atomic mass is 16.5. The Kier molecular flexibility index (Phi) is 4.94. The summed E-state index contributed by atoms with van der Waals surface area (Å²) in [6, 6.07) is 5.84. The quantitative estimate of drug-likeness (QED) is 0.915. The maximum Gasteiger partial charge on any atom is 0.274 e. The second kappa shape index (κ2) is 7.13. The van der Waals surface area contributed by atoms with E-state index >= 15 is 0 Å². The van der Waals surface area contributed by atoms with E-state index in [-0.39, 0.29) is 18.1 Å². The summed E-state index contributed by atoms with van der Waals surface area (Å²) >= 11 is 0. The molecule has 2 aromatic heterocycles. The van der Waals surface area contributed by atoms with Gasteiger partial charge >= 0.3 is 0 Å². The number of pyridine rings is 1. The van der Waals surface area contributed by atoms with E-state index in [1.807, 2.05) is 43.9 Å². The maximum atomic E-state index is 12.9. The molecule has 1 N–H and O–H groups in total. The van der Waals surface area contributed by atoms with Crippen molar-refractivity contribution < 1.29 is 9.53 Å². The smallest absolute Gasteiger partial charge is 0.274 e. The number of hydrogen-bond acceptors (Lipinski definition) is 4. The van der Waals surface area contributed by atoms with Gasteiger partial charge in [0.05, 0.1) is 17.9 Å². The van der Waals surface area contributed by atoms with Crippen LogP contribution in [0.15, 0.2) is 24.4 Å². The van der Waals surface area contributed by atoms with E-state index in [0.717, 1.165) is 29.8 Å². The zero-order valence-electron chi connectivity index (χ0n) is 14.5. The van der Waals surface area contributed by atoms with E-state index in [2.05, 4.69) is 15.2 Å². The van der Waals surface area contributed by atoms with Gasteiger partial charge in [-0.1, -0.05) is 6.07 Å². The lowest BCUT2D eigenvalue weighted by atomic mass is 9.99. The molecule has 2 aromatic rings. The fraction of sp³-hybridized carbons (Fsp3) is 0.500. The molecule has 0 unspecified atom stereocenters. The van der Waals surface area contributed by atoms with Crippen molar-refractivity contribution in [3.63, 3.8) is 0 Å². The lowest BCUT2D eigenvalue weighted by Crippen LogP contribution is -2.34. The molecule has 1 aliphatic rings. The number of aromatic amines is 1. The van der Waals surface area contributed by atoms with Gasteiger partial charge in [-0.15, -0.1) is 0 Å². The Morgan fingerprint density at radius 3 is 2.96 bits per heavy atom. The van der Waals surface area contributed by atoms with Gasteiger partial charge in [-0.3, -0.25) is 14.9 Å². The van der Waals surface area contributed by atoms with Crippen molar-refractivity contribution in [2.24, 2.45) is 0 Å². The minimum Gasteiger partial charge on any atom is -0.369 e. The first kappa shape index (κ1) is 16.6. The molecule has 0 saturated heterocycles. The Bertz CT molecular complexity index is 698. The summed E-state index contributed by atoms with van der Waals surface area (Å²) in [6.45, 7) is 7.28. The summed E-state index contributed by atoms with van der Waals surface area (Å²) in [6.07, 6.45) is 3.28. The SMILES string of the molecule is CCN(CCc1ccccn1)C(=O)c1n[nH]c2c1C[C@H](C)O[C@@H]2C. The zero-order chi connectivity index (χ0) is 17.1. The Morgan fingerprint density at radius 1 is 1.42 bits per heavy atom. The van der Waals surface area contributed by atoms with Crippen LogP contribution in [0.2, 0.25) is 0 Å². The fourth-order valence-corrected chi connectivity index (χ4v) is 3.20. The molecule has 0 saturated carbocycles. The molecule has 1 aliphatic heterocycles. The van der Waals surface area contributed by atoms with Gasteiger partial charge in [-0.25, -0.2) is 0 Å². The largest absolute Gasteiger partial charge is 0.369 e. The van der Waals surface area contributed by atoms with Crippen LogP contribution in [0.3, 0.4) is 0 Å². The molecule has 128 valence electrons. The summed E-state index contributed by atoms with van der Waals surface area (Å²) < 4.78 is 5.79. The van der Waals surface area contributed by atoms with Gasteiger partial charge < -0.3 is 9.64 Å². The number of ether oxygens (including phenoxy) is 1. The maximum absolute atomic E-state index is 12.9. The highest BCUT2D eigenvalue weighted by molar-refractivity contribution is 5.94. The van der Waals surface area contributed by atoms with Crippen molar-refractivity contribution in [2.45, 2.75) is 45.8 Å². The number of carbonyl (C=O) groups excluding carboxylic acids is 1. The van der Waals surface area contributed by atoms with Gasteiger partial charge in [-0.2, -0.15) is 5.10 Å². The molecule has 6 heteroatoms. The van der Waals surface area contributed by atoms with Gasteiger partial charge in [0.2, 0.25) is 0 Å². The van der Waals surface area contributed by atoms with Crippen molar-refractivity contribution >= 4 is 5.91 Å². The molecule has 0 radical (unpaired) electrons. The topological polar surface area (TPSA) is 71.1 Å². The first-order valence-corrected chi connectivity index (χ1v) is 8.52. The van der Waals surface area contributed by atoms with Crippen LogP contribution in [-0.4, -0.2) is 45.2 Å². The summed E-state index contributed by atoms with van der Waals surface area (Å²) in [5.74, 6) is -0.0211. The van der Waals surface area contributed by atoms with Crippen LogP contribution >= 0.6 is 0 Å². The summed E-state index contributed by atoms with van der Waals surface area (Å²) in [5.41, 5.74) is 3.46. The minimum absolute atomic E-state index is 0.0211. The normalized spacial score (nSPS) is 19.8. The van der Waals surface area contributed by atoms with Gasteiger partial charge in [0.25, 0.3) is 5.91 Å². The van der Waals surface area contributed by atoms with Gasteiger partial charge in [0.15, 0.2) is 5.69 Å². The Hall–Kier alpha value is -2.21. The molecule has 24 heavy (non-hydrogen) atoms. The van der Waals surface area contributed by atoms with Crippen molar-refractivity contribution in [3.05, 3.63) is 47.0 Å². The number of nitrogens with one attached hydrogen (secondary N) is 1. The van der Waals surface area contributed by atoms with Crippen LogP contribution in [0, 0.1) is 0 Å². The summed E-state index contributed by atoms with van der Waals surface area (Å²) in [7, 11) is 0. The van der Waals surface area contributed by atoms with Crippen LogP contribution < -0.4 is 0 Å². The number of hydrogen-bond donors (Lipinski definition) is 1. The third-order valence-corrected chi connectivity index (χ3v) is 4.47. The lowest BCUT2D eigenvalue weighted by molar-refractivity contribution is -0.00701. The number of amides is 1. The number of rotatable bonds is 5. The van der Waals surface area contributed by atoms with Crippen molar-refractivity contribution in [2.75, 3.05) is 13.1 Å². The van der Waals surface area contributed by atoms with Crippen LogP contribution in [0.25, 0.3) is 0 Å². The molecule has 6 nitrogen and oxygen atoms in total. The lowest BCUT2D eigenvalue weighted by Gasteiger charge is -2.26. The zero-order valence-corrected chi connectivity index (χ0v) is 14.5. The monoisotopic (exact) mass is 328 g/mol. The number of aromatic nitrogens is 3. The van der Waals surface area contributed by atoms with E-state index in [1.165, 1.54) is 0 Å². The molecule has 1 amide bonds. The number of H-pyrrole nitrogens is 1. The first-order valence-electron chi connectivity index (χ1n) is 8.52. The molecule has 3 heterocycles. The highest BCUT2D eigenvalue weighted by Crippen LogP contribution is 2.30. The van der Waals surface area contributed by atoms with Crippen LogP contribution in [0.4, 0.5) is 0 Å². The predicted octanol–water partition coefficient (Wildman–Crippen LogP) is 2.53. The molecule has 3 rings (SSSR count). The standard InChI is InChI=1S/C18H24N4O2/c1-4-22(10-8-14-7-5-6-9-19-14)18(23)17-15-11-12(2)24-13(3)16(15)20-21-17/h5-7,9,12-13H,4,8,10-11H2,1-3H3,(H,20,21)/t12-,13+/m0/s1. The van der Waals surface area contributed by atoms with E-state index in [9.17, 15) is 4.79 Å². The Balaban J connectivity index is 1.75. The first-order chi connectivity index (χ1) is 11.6. The van der Waals surface area contributed by atoms with Crippen molar-refractivity contribution in [1.29, 1.82) is 0 Å². The minimum atomic E-state index is -0.0543. The van der Waals surface area contributed by atoms with Crippen LogP contribution in [-0.2, 0) is 17.6 Å². The molecule has 2 atom stereocenters. The van der Waals surface area contributed by atoms with E-state index in [1.54, 1.807) is 6.20 Å². The Morgan fingerprint density at radius 2 is 2.25 bits per heavy atom. The van der Waals surface area contributed by atoms with Gasteiger partial charge in [-0.05, 0) is 32.9 Å².